The maximum absolute atomic E-state index is 9.39. The summed E-state index contributed by atoms with van der Waals surface area (Å²) in [7, 11) is 4.31. The molecule has 0 amide bonds. The van der Waals surface area contributed by atoms with E-state index in [-0.39, 0.29) is 0 Å². The Hall–Kier alpha value is -2.12. The molecule has 114 valence electrons. The topological polar surface area (TPSA) is 52.0 Å². The molecule has 0 atom stereocenters. The lowest BCUT2D eigenvalue weighted by atomic mass is 9.90. The quantitative estimate of drug-likeness (QED) is 0.942. The standard InChI is InChI=1S/C18H22N4/c1-22(2)15-9-7-14(8-10-15)21-18-13(11-19)12-20-17-6-4-3-5-16(17)18/h3-6,12,14-15H,7-10H2,1-2H3,(H,20,21)/t14-,15-. The zero-order chi connectivity index (χ0) is 15.5. The Balaban J connectivity index is 1.84. The molecule has 0 radical (unpaired) electrons. The number of fused-ring (bicyclic) bond motifs is 1. The van der Waals surface area contributed by atoms with Crippen molar-refractivity contribution in [3.05, 3.63) is 36.0 Å². The number of aromatic nitrogens is 1. The molecule has 1 saturated carbocycles. The molecule has 0 aliphatic heterocycles. The van der Waals surface area contributed by atoms with Gasteiger partial charge in [0.05, 0.1) is 16.8 Å². The second kappa shape index (κ2) is 6.33. The van der Waals surface area contributed by atoms with Crippen LogP contribution in [0.4, 0.5) is 5.69 Å². The van der Waals surface area contributed by atoms with Crippen LogP contribution in [-0.4, -0.2) is 36.1 Å². The van der Waals surface area contributed by atoms with Crippen LogP contribution in [0.25, 0.3) is 10.9 Å². The third-order valence-electron chi connectivity index (χ3n) is 4.67. The van der Waals surface area contributed by atoms with Gasteiger partial charge in [0.25, 0.3) is 0 Å². The molecule has 1 aliphatic rings. The van der Waals surface area contributed by atoms with Crippen molar-refractivity contribution in [2.24, 2.45) is 0 Å². The average molecular weight is 294 g/mol. The molecule has 22 heavy (non-hydrogen) atoms. The largest absolute Gasteiger partial charge is 0.381 e. The fraction of sp³-hybridized carbons (Fsp3) is 0.444. The number of anilines is 1. The van der Waals surface area contributed by atoms with Gasteiger partial charge in [-0.1, -0.05) is 18.2 Å². The van der Waals surface area contributed by atoms with Gasteiger partial charge in [0.2, 0.25) is 0 Å². The van der Waals surface area contributed by atoms with Crippen LogP contribution in [0.3, 0.4) is 0 Å². The first-order valence-electron chi connectivity index (χ1n) is 7.90. The molecule has 1 aliphatic carbocycles. The first-order valence-corrected chi connectivity index (χ1v) is 7.90. The summed E-state index contributed by atoms with van der Waals surface area (Å²) in [6.45, 7) is 0. The summed E-state index contributed by atoms with van der Waals surface area (Å²) in [6.07, 6.45) is 6.37. The van der Waals surface area contributed by atoms with E-state index in [2.05, 4.69) is 35.4 Å². The van der Waals surface area contributed by atoms with Gasteiger partial charge < -0.3 is 10.2 Å². The Kier molecular flexibility index (Phi) is 4.26. The Bertz CT molecular complexity index is 694. The summed E-state index contributed by atoms with van der Waals surface area (Å²) >= 11 is 0. The predicted molar refractivity (Wildman–Crippen MR) is 89.8 cm³/mol. The lowest BCUT2D eigenvalue weighted by molar-refractivity contribution is 0.221. The summed E-state index contributed by atoms with van der Waals surface area (Å²) in [5.74, 6) is 0. The molecule has 0 bridgehead atoms. The van der Waals surface area contributed by atoms with E-state index in [1.54, 1.807) is 6.20 Å². The summed E-state index contributed by atoms with van der Waals surface area (Å²) in [6, 6.07) is 11.4. The van der Waals surface area contributed by atoms with E-state index in [0.717, 1.165) is 29.4 Å². The molecule has 2 aromatic rings. The van der Waals surface area contributed by atoms with E-state index in [9.17, 15) is 5.26 Å². The van der Waals surface area contributed by atoms with Crippen LogP contribution in [0.15, 0.2) is 30.5 Å². The molecule has 3 rings (SSSR count). The average Bonchev–Trinajstić information content (AvgIpc) is 2.55. The molecule has 0 unspecified atom stereocenters. The Morgan fingerprint density at radius 2 is 1.91 bits per heavy atom. The van der Waals surface area contributed by atoms with Gasteiger partial charge in [-0.2, -0.15) is 5.26 Å². The summed E-state index contributed by atoms with van der Waals surface area (Å²) in [5, 5.41) is 14.0. The van der Waals surface area contributed by atoms with Gasteiger partial charge in [-0.3, -0.25) is 4.98 Å². The number of benzene rings is 1. The van der Waals surface area contributed by atoms with Crippen LogP contribution in [-0.2, 0) is 0 Å². The van der Waals surface area contributed by atoms with Crippen molar-refractivity contribution >= 4 is 16.6 Å². The van der Waals surface area contributed by atoms with Gasteiger partial charge >= 0.3 is 0 Å². The number of nitrogens with zero attached hydrogens (tertiary/aromatic N) is 3. The normalized spacial score (nSPS) is 21.7. The summed E-state index contributed by atoms with van der Waals surface area (Å²) in [5.41, 5.74) is 2.51. The third kappa shape index (κ3) is 2.90. The SMILES string of the molecule is CN(C)[C@H]1CC[C@H](Nc2c(C#N)cnc3ccccc23)CC1. The minimum atomic E-state index is 0.439. The molecule has 4 heteroatoms. The second-order valence-corrected chi connectivity index (χ2v) is 6.29. The number of para-hydroxylation sites is 1. The minimum Gasteiger partial charge on any atom is -0.381 e. The number of nitriles is 1. The van der Waals surface area contributed by atoms with Gasteiger partial charge in [-0.05, 0) is 45.8 Å². The molecule has 1 fully saturated rings. The van der Waals surface area contributed by atoms with E-state index in [1.165, 1.54) is 12.8 Å². The lowest BCUT2D eigenvalue weighted by Crippen LogP contribution is -2.36. The minimum absolute atomic E-state index is 0.439. The first kappa shape index (κ1) is 14.8. The molecule has 0 saturated heterocycles. The zero-order valence-electron chi connectivity index (χ0n) is 13.2. The van der Waals surface area contributed by atoms with E-state index < -0.39 is 0 Å². The van der Waals surface area contributed by atoms with E-state index in [0.29, 0.717) is 17.6 Å². The van der Waals surface area contributed by atoms with Crippen LogP contribution in [0, 0.1) is 11.3 Å². The molecule has 1 heterocycles. The highest BCUT2D eigenvalue weighted by atomic mass is 15.1. The van der Waals surface area contributed by atoms with Crippen LogP contribution in [0.5, 0.6) is 0 Å². The fourth-order valence-electron chi connectivity index (χ4n) is 3.32. The van der Waals surface area contributed by atoms with Crippen molar-refractivity contribution < 1.29 is 0 Å². The molecule has 4 nitrogen and oxygen atoms in total. The molecule has 1 N–H and O–H groups in total. The Morgan fingerprint density at radius 3 is 2.59 bits per heavy atom. The van der Waals surface area contributed by atoms with E-state index in [4.69, 9.17) is 0 Å². The van der Waals surface area contributed by atoms with Gasteiger partial charge in [-0.15, -0.1) is 0 Å². The highest BCUT2D eigenvalue weighted by molar-refractivity contribution is 5.93. The number of hydrogen-bond donors (Lipinski definition) is 1. The van der Waals surface area contributed by atoms with Gasteiger partial charge in [-0.25, -0.2) is 0 Å². The van der Waals surface area contributed by atoms with Crippen molar-refractivity contribution in [3.63, 3.8) is 0 Å². The van der Waals surface area contributed by atoms with Crippen molar-refractivity contribution in [1.82, 2.24) is 9.88 Å². The highest BCUT2D eigenvalue weighted by Gasteiger charge is 2.23. The highest BCUT2D eigenvalue weighted by Crippen LogP contribution is 2.30. The molecule has 1 aromatic heterocycles. The van der Waals surface area contributed by atoms with Gasteiger partial charge in [0.15, 0.2) is 0 Å². The van der Waals surface area contributed by atoms with Crippen molar-refractivity contribution in [1.29, 1.82) is 5.26 Å². The van der Waals surface area contributed by atoms with Crippen molar-refractivity contribution in [3.8, 4) is 6.07 Å². The molecular weight excluding hydrogens is 272 g/mol. The molecule has 0 spiro atoms. The maximum Gasteiger partial charge on any atom is 0.103 e. The van der Waals surface area contributed by atoms with Crippen molar-refractivity contribution in [2.75, 3.05) is 19.4 Å². The number of rotatable bonds is 3. The molecular formula is C18H22N4. The van der Waals surface area contributed by atoms with E-state index in [1.807, 2.05) is 24.3 Å². The third-order valence-corrected chi connectivity index (χ3v) is 4.67. The number of hydrogen-bond acceptors (Lipinski definition) is 4. The summed E-state index contributed by atoms with van der Waals surface area (Å²) in [4.78, 5) is 6.69. The number of pyridine rings is 1. The van der Waals surface area contributed by atoms with Crippen LogP contribution in [0.2, 0.25) is 0 Å². The van der Waals surface area contributed by atoms with Crippen molar-refractivity contribution in [2.45, 2.75) is 37.8 Å². The lowest BCUT2D eigenvalue weighted by Gasteiger charge is -2.33. The van der Waals surface area contributed by atoms with Crippen LogP contribution in [0.1, 0.15) is 31.2 Å². The van der Waals surface area contributed by atoms with Crippen LogP contribution < -0.4 is 5.32 Å². The Labute approximate surface area is 131 Å². The zero-order valence-corrected chi connectivity index (χ0v) is 13.2. The monoisotopic (exact) mass is 294 g/mol. The smallest absolute Gasteiger partial charge is 0.103 e. The summed E-state index contributed by atoms with van der Waals surface area (Å²) < 4.78 is 0. The Morgan fingerprint density at radius 1 is 1.18 bits per heavy atom. The van der Waals surface area contributed by atoms with E-state index >= 15 is 0 Å². The number of nitrogens with one attached hydrogen (secondary N) is 1. The second-order valence-electron chi connectivity index (χ2n) is 6.29. The first-order chi connectivity index (χ1) is 10.7. The predicted octanol–water partition coefficient (Wildman–Crippen LogP) is 3.39. The van der Waals surface area contributed by atoms with Gasteiger partial charge in [0, 0.05) is 23.7 Å². The molecule has 1 aromatic carbocycles. The fourth-order valence-corrected chi connectivity index (χ4v) is 3.32. The van der Waals surface area contributed by atoms with Crippen LogP contribution >= 0.6 is 0 Å². The van der Waals surface area contributed by atoms with Gasteiger partial charge in [0.1, 0.15) is 6.07 Å². The maximum atomic E-state index is 9.39.